The topological polar surface area (TPSA) is 58.6 Å². The fourth-order valence-electron chi connectivity index (χ4n) is 8.72. The lowest BCUT2D eigenvalue weighted by Gasteiger charge is -2.57. The fourth-order valence-corrected chi connectivity index (χ4v) is 8.72. The average Bonchev–Trinajstić information content (AvgIpc) is 3.35. The molecule has 8 rings (SSSR count). The van der Waals surface area contributed by atoms with Crippen molar-refractivity contribution < 1.29 is 14.3 Å². The van der Waals surface area contributed by atoms with Gasteiger partial charge in [0.15, 0.2) is 0 Å². The number of allylic oxidation sites excluding steroid dienone is 4. The minimum atomic E-state index is -0.520. The van der Waals surface area contributed by atoms with Crippen molar-refractivity contribution in [1.29, 1.82) is 0 Å². The first-order valence-electron chi connectivity index (χ1n) is 13.2. The van der Waals surface area contributed by atoms with Gasteiger partial charge < -0.3 is 9.64 Å². The summed E-state index contributed by atoms with van der Waals surface area (Å²) in [6.07, 6.45) is 14.4. The van der Waals surface area contributed by atoms with Crippen LogP contribution in [0.3, 0.4) is 0 Å². The van der Waals surface area contributed by atoms with E-state index >= 15 is 0 Å². The number of carbonyl (C=O) groups is 2. The summed E-state index contributed by atoms with van der Waals surface area (Å²) in [5.41, 5.74) is 2.39. The number of hydrogen-bond donors (Lipinski definition) is 1. The molecule has 5 nitrogen and oxygen atoms in total. The number of ether oxygens (including phenoxy) is 1. The van der Waals surface area contributed by atoms with Crippen molar-refractivity contribution in [2.24, 2.45) is 40.9 Å². The van der Waals surface area contributed by atoms with E-state index < -0.39 is 5.41 Å². The smallest absolute Gasteiger partial charge is 0.234 e. The number of halogens is 1. The predicted molar refractivity (Wildman–Crippen MR) is 136 cm³/mol. The lowest BCUT2D eigenvalue weighted by Crippen LogP contribution is -2.58. The number of imide groups is 1. The molecular formula is C29H35ClN2O3. The maximum Gasteiger partial charge on any atom is 0.234 e. The number of nitrogens with one attached hydrogen (secondary N) is 1. The SMILES string of the molecule is COc1cccc2c1C1CN(CCCCC34C(=O)NC(=O)C3C3C=CC4[C@@H]4C=C[C@@H]34)CC1CC2.Cl. The number of aryl methyl sites for hydroxylation is 1. The molecule has 2 heterocycles. The number of likely N-dealkylation sites (tertiary alicyclic amines) is 1. The Bertz CT molecular complexity index is 1100. The number of amides is 2. The summed E-state index contributed by atoms with van der Waals surface area (Å²) in [5, 5.41) is 2.74. The zero-order chi connectivity index (χ0) is 23.0. The van der Waals surface area contributed by atoms with E-state index in [1.165, 1.54) is 17.5 Å². The Hall–Kier alpha value is -2.11. The zero-order valence-electron chi connectivity index (χ0n) is 20.3. The summed E-state index contributed by atoms with van der Waals surface area (Å²) in [5.74, 6) is 3.42. The summed E-state index contributed by atoms with van der Waals surface area (Å²) < 4.78 is 5.73. The van der Waals surface area contributed by atoms with E-state index in [4.69, 9.17) is 4.74 Å². The molecular weight excluding hydrogens is 460 g/mol. The molecule has 1 aromatic carbocycles. The molecule has 2 bridgehead atoms. The number of methoxy groups -OCH3 is 1. The Morgan fingerprint density at radius 2 is 1.89 bits per heavy atom. The van der Waals surface area contributed by atoms with Crippen LogP contribution < -0.4 is 10.1 Å². The lowest BCUT2D eigenvalue weighted by molar-refractivity contribution is -0.142. The molecule has 8 atom stereocenters. The van der Waals surface area contributed by atoms with Crippen molar-refractivity contribution in [2.45, 2.75) is 38.0 Å². The van der Waals surface area contributed by atoms with E-state index in [9.17, 15) is 9.59 Å². The minimum absolute atomic E-state index is 0. The Labute approximate surface area is 213 Å². The number of benzene rings is 1. The van der Waals surface area contributed by atoms with Gasteiger partial charge in [0.1, 0.15) is 5.75 Å². The molecule has 2 saturated heterocycles. The monoisotopic (exact) mass is 494 g/mol. The van der Waals surface area contributed by atoms with Crippen LogP contribution in [-0.4, -0.2) is 43.5 Å². The van der Waals surface area contributed by atoms with Gasteiger partial charge in [-0.1, -0.05) is 42.9 Å². The van der Waals surface area contributed by atoms with Crippen LogP contribution in [0.2, 0.25) is 0 Å². The standard InChI is InChI=1S/C29H34N2O3.ClH/c1-34-24-6-4-5-17-7-8-18-15-31(16-22(18)25(17)24)14-3-2-13-29-23-12-11-21(19-9-10-20(19)23)26(29)27(32)30-28(29)33;/h4-6,9-12,18-23,26H,2-3,7-8,13-16H2,1H3,(H,30,32,33);1H/t18?,19-,20-,21?,22?,23?,26?,29?;/m1./s1. The van der Waals surface area contributed by atoms with Gasteiger partial charge in [0.25, 0.3) is 0 Å². The third-order valence-electron chi connectivity index (χ3n) is 10.2. The highest BCUT2D eigenvalue weighted by atomic mass is 35.5. The van der Waals surface area contributed by atoms with Gasteiger partial charge in [-0.15, -0.1) is 12.4 Å². The van der Waals surface area contributed by atoms with E-state index in [2.05, 4.69) is 52.7 Å². The van der Waals surface area contributed by atoms with Crippen molar-refractivity contribution in [3.05, 3.63) is 53.6 Å². The molecule has 2 amide bonds. The highest BCUT2D eigenvalue weighted by Crippen LogP contribution is 2.64. The van der Waals surface area contributed by atoms with Crippen LogP contribution in [0, 0.1) is 40.9 Å². The van der Waals surface area contributed by atoms with Crippen molar-refractivity contribution in [2.75, 3.05) is 26.7 Å². The highest BCUT2D eigenvalue weighted by Gasteiger charge is 2.68. The van der Waals surface area contributed by atoms with E-state index in [0.717, 1.165) is 51.1 Å². The molecule has 35 heavy (non-hydrogen) atoms. The number of carbonyl (C=O) groups excluding carboxylic acids is 2. The number of fused-ring (bicyclic) bond motifs is 3. The molecule has 3 fully saturated rings. The van der Waals surface area contributed by atoms with Crippen molar-refractivity contribution >= 4 is 24.2 Å². The molecule has 0 spiro atoms. The first-order chi connectivity index (χ1) is 16.6. The van der Waals surface area contributed by atoms with Gasteiger partial charge in [-0.25, -0.2) is 0 Å². The van der Waals surface area contributed by atoms with Gasteiger partial charge in [0.05, 0.1) is 18.4 Å². The minimum Gasteiger partial charge on any atom is -0.496 e. The third-order valence-corrected chi connectivity index (χ3v) is 10.2. The van der Waals surface area contributed by atoms with Gasteiger partial charge in [-0.05, 0) is 73.4 Å². The molecule has 186 valence electrons. The predicted octanol–water partition coefficient (Wildman–Crippen LogP) is 4.13. The summed E-state index contributed by atoms with van der Waals surface area (Å²) in [6, 6.07) is 6.51. The van der Waals surface area contributed by atoms with Crippen LogP contribution in [0.4, 0.5) is 0 Å². The molecule has 1 saturated carbocycles. The van der Waals surface area contributed by atoms with Crippen LogP contribution in [-0.2, 0) is 16.0 Å². The van der Waals surface area contributed by atoms with Gasteiger partial charge in [-0.3, -0.25) is 14.9 Å². The molecule has 6 heteroatoms. The maximum absolute atomic E-state index is 13.2. The molecule has 6 unspecified atom stereocenters. The molecule has 1 aromatic rings. The Kier molecular flexibility index (Phi) is 5.65. The molecule has 5 aliphatic carbocycles. The zero-order valence-corrected chi connectivity index (χ0v) is 21.1. The van der Waals surface area contributed by atoms with Gasteiger partial charge in [0.2, 0.25) is 11.8 Å². The number of nitrogens with zero attached hydrogens (tertiary/aromatic N) is 1. The number of hydrogen-bond acceptors (Lipinski definition) is 4. The summed E-state index contributed by atoms with van der Waals surface area (Å²) >= 11 is 0. The summed E-state index contributed by atoms with van der Waals surface area (Å²) in [7, 11) is 1.79. The second kappa shape index (κ2) is 8.48. The van der Waals surface area contributed by atoms with E-state index in [1.54, 1.807) is 7.11 Å². The van der Waals surface area contributed by atoms with E-state index in [1.807, 2.05) is 0 Å². The van der Waals surface area contributed by atoms with Crippen LogP contribution in [0.5, 0.6) is 5.75 Å². The maximum atomic E-state index is 13.2. The second-order valence-corrected chi connectivity index (χ2v) is 11.5. The van der Waals surface area contributed by atoms with Crippen molar-refractivity contribution in [3.63, 3.8) is 0 Å². The fraction of sp³-hybridized carbons (Fsp3) is 0.586. The molecule has 0 aromatic heterocycles. The van der Waals surface area contributed by atoms with Crippen LogP contribution in [0.25, 0.3) is 0 Å². The van der Waals surface area contributed by atoms with Gasteiger partial charge >= 0.3 is 0 Å². The van der Waals surface area contributed by atoms with Crippen LogP contribution in [0.15, 0.2) is 42.5 Å². The Balaban J connectivity index is 0.00000229. The Morgan fingerprint density at radius 3 is 2.69 bits per heavy atom. The van der Waals surface area contributed by atoms with Gasteiger partial charge in [-0.2, -0.15) is 0 Å². The quantitative estimate of drug-likeness (QED) is 0.367. The van der Waals surface area contributed by atoms with E-state index in [0.29, 0.717) is 23.7 Å². The largest absolute Gasteiger partial charge is 0.496 e. The molecule has 0 radical (unpaired) electrons. The van der Waals surface area contributed by atoms with Crippen LogP contribution in [0.1, 0.15) is 42.7 Å². The first kappa shape index (κ1) is 23.3. The summed E-state index contributed by atoms with van der Waals surface area (Å²) in [4.78, 5) is 28.6. The first-order valence-corrected chi connectivity index (χ1v) is 13.2. The number of rotatable bonds is 6. The van der Waals surface area contributed by atoms with Crippen molar-refractivity contribution in [1.82, 2.24) is 10.2 Å². The van der Waals surface area contributed by atoms with E-state index in [-0.39, 0.29) is 42.0 Å². The highest BCUT2D eigenvalue weighted by molar-refractivity contribution is 6.08. The average molecular weight is 495 g/mol. The number of unbranched alkanes of at least 4 members (excludes halogenated alkanes) is 1. The summed E-state index contributed by atoms with van der Waals surface area (Å²) in [6.45, 7) is 3.34. The van der Waals surface area contributed by atoms with Crippen molar-refractivity contribution in [3.8, 4) is 5.75 Å². The Morgan fingerprint density at radius 1 is 1.06 bits per heavy atom. The molecule has 1 N–H and O–H groups in total. The third kappa shape index (κ3) is 3.16. The normalized spacial score (nSPS) is 39.7. The van der Waals surface area contributed by atoms with Gasteiger partial charge in [0, 0.05) is 24.6 Å². The lowest BCUT2D eigenvalue weighted by atomic mass is 9.43. The molecule has 7 aliphatic rings. The molecule has 2 aliphatic heterocycles. The van der Waals surface area contributed by atoms with Crippen LogP contribution >= 0.6 is 12.4 Å². The second-order valence-electron chi connectivity index (χ2n) is 11.5.